The molecular formula is C34H57N13O11. The van der Waals surface area contributed by atoms with Crippen LogP contribution in [0.4, 0.5) is 0 Å². The summed E-state index contributed by atoms with van der Waals surface area (Å²) in [6, 6.07) is -9.96. The minimum absolute atomic E-state index is 0.00893. The largest absolute Gasteiger partial charge is 0.480 e. The van der Waals surface area contributed by atoms with Crippen LogP contribution in [0.2, 0.25) is 0 Å². The number of imidazole rings is 1. The first-order valence-corrected chi connectivity index (χ1v) is 18.5. The van der Waals surface area contributed by atoms with Gasteiger partial charge in [-0.15, -0.1) is 0 Å². The van der Waals surface area contributed by atoms with Crippen molar-refractivity contribution in [3.8, 4) is 0 Å². The van der Waals surface area contributed by atoms with Gasteiger partial charge in [-0.2, -0.15) is 0 Å². The monoisotopic (exact) mass is 823 g/mol. The molecule has 1 aromatic heterocycles. The number of nitrogens with one attached hydrogen (secondary N) is 7. The highest BCUT2D eigenvalue weighted by molar-refractivity contribution is 5.98. The summed E-state index contributed by atoms with van der Waals surface area (Å²) in [6.07, 6.45) is 1.66. The van der Waals surface area contributed by atoms with E-state index in [2.05, 4.69) is 41.9 Å². The molecule has 1 aromatic rings. The van der Waals surface area contributed by atoms with Crippen molar-refractivity contribution in [2.45, 2.75) is 121 Å². The van der Waals surface area contributed by atoms with Crippen LogP contribution in [0.5, 0.6) is 0 Å². The van der Waals surface area contributed by atoms with Gasteiger partial charge in [0, 0.05) is 24.7 Å². The number of primary amides is 3. The molecular weight excluding hydrogens is 766 g/mol. The van der Waals surface area contributed by atoms with Gasteiger partial charge in [0.15, 0.2) is 0 Å². The standard InChI is InChI=1S/C34H57N13O11/c1-16(2)10-22(33(56)44-21(7-8-25(37)48)31(54)47-24(34(57)58)13-27(39)50)45-28(51)17(3)42-32(55)23(12-26(38)49)46-30(53)20(6-4-5-9-35)43-29(52)19(36)11-18-14-40-15-41-18/h14-17,19-24H,4-13,35-36H2,1-3H3,(H2,37,48)(H2,38,49)(H2,39,50)(H,40,41)(H,42,55)(H,43,52)(H,44,56)(H,45,51)(H,46,53)(H,47,54)(H,57,58)/t17-,19-,20-,21-,22-,23-,24-/m0/s1. The van der Waals surface area contributed by atoms with Gasteiger partial charge < -0.3 is 70.7 Å². The first-order valence-electron chi connectivity index (χ1n) is 18.5. The third kappa shape index (κ3) is 19.1. The van der Waals surface area contributed by atoms with Gasteiger partial charge in [0.05, 0.1) is 25.2 Å². The number of aromatic amines is 1. The van der Waals surface area contributed by atoms with E-state index in [1.54, 1.807) is 13.8 Å². The molecule has 0 bridgehead atoms. The summed E-state index contributed by atoms with van der Waals surface area (Å²) in [5.74, 6) is -10.2. The highest BCUT2D eigenvalue weighted by Crippen LogP contribution is 2.09. The molecule has 324 valence electrons. The van der Waals surface area contributed by atoms with Crippen molar-refractivity contribution >= 4 is 59.1 Å². The number of hydrogen-bond donors (Lipinski definition) is 13. The summed E-state index contributed by atoms with van der Waals surface area (Å²) in [6.45, 7) is 4.97. The van der Waals surface area contributed by atoms with Crippen LogP contribution in [0.3, 0.4) is 0 Å². The zero-order valence-electron chi connectivity index (χ0n) is 32.7. The smallest absolute Gasteiger partial charge is 0.326 e. The summed E-state index contributed by atoms with van der Waals surface area (Å²) in [5, 5.41) is 23.6. The predicted octanol–water partition coefficient (Wildman–Crippen LogP) is -5.52. The number of nitrogens with two attached hydrogens (primary N) is 5. The fraction of sp³-hybridized carbons (Fsp3) is 0.618. The second-order valence-corrected chi connectivity index (χ2v) is 14.0. The average molecular weight is 824 g/mol. The van der Waals surface area contributed by atoms with Crippen molar-refractivity contribution in [1.29, 1.82) is 0 Å². The van der Waals surface area contributed by atoms with Gasteiger partial charge in [0.25, 0.3) is 0 Å². The van der Waals surface area contributed by atoms with E-state index in [0.717, 1.165) is 0 Å². The third-order valence-electron chi connectivity index (χ3n) is 8.37. The fourth-order valence-corrected chi connectivity index (χ4v) is 5.33. The van der Waals surface area contributed by atoms with E-state index in [4.69, 9.17) is 28.7 Å². The lowest BCUT2D eigenvalue weighted by Crippen LogP contribution is -2.60. The Morgan fingerprint density at radius 3 is 1.67 bits per heavy atom. The number of rotatable bonds is 28. The Bertz CT molecular complexity index is 1610. The molecule has 0 aliphatic rings. The zero-order valence-corrected chi connectivity index (χ0v) is 32.7. The molecule has 0 fully saturated rings. The fourth-order valence-electron chi connectivity index (χ4n) is 5.33. The van der Waals surface area contributed by atoms with E-state index in [9.17, 15) is 53.1 Å². The first-order chi connectivity index (χ1) is 27.1. The lowest BCUT2D eigenvalue weighted by Gasteiger charge is -2.27. The van der Waals surface area contributed by atoms with Crippen molar-refractivity contribution in [3.63, 3.8) is 0 Å². The highest BCUT2D eigenvalue weighted by Gasteiger charge is 2.34. The van der Waals surface area contributed by atoms with E-state index < -0.39 is 121 Å². The molecule has 0 spiro atoms. The van der Waals surface area contributed by atoms with Gasteiger partial charge in [0.1, 0.15) is 36.3 Å². The molecule has 24 heteroatoms. The molecule has 1 heterocycles. The molecule has 0 aliphatic heterocycles. The molecule has 24 nitrogen and oxygen atoms in total. The van der Waals surface area contributed by atoms with Gasteiger partial charge in [0.2, 0.25) is 53.2 Å². The number of nitrogens with zero attached hydrogens (tertiary/aromatic N) is 1. The van der Waals surface area contributed by atoms with Crippen molar-refractivity contribution in [2.75, 3.05) is 6.54 Å². The van der Waals surface area contributed by atoms with Crippen LogP contribution in [-0.4, -0.2) is 123 Å². The Balaban J connectivity index is 3.15. The molecule has 0 saturated carbocycles. The number of carboxylic acids is 1. The number of carboxylic acid groups (broad SMARTS) is 1. The van der Waals surface area contributed by atoms with Gasteiger partial charge in [-0.3, -0.25) is 43.2 Å². The summed E-state index contributed by atoms with van der Waals surface area (Å²) in [7, 11) is 0. The summed E-state index contributed by atoms with van der Waals surface area (Å²) >= 11 is 0. The second kappa shape index (κ2) is 25.2. The Hall–Kier alpha value is -6.17. The first kappa shape index (κ1) is 49.8. The van der Waals surface area contributed by atoms with Crippen LogP contribution in [0.1, 0.15) is 77.8 Å². The molecule has 0 saturated heterocycles. The SMILES string of the molecule is CC(C)C[C@H](NC(=O)[C@H](C)NC(=O)[C@H](CC(N)=O)NC(=O)[C@H](CCCCN)NC(=O)[C@@H](N)Cc1cnc[nH]1)C(=O)N[C@@H](CCC(N)=O)C(=O)N[C@@H](CC(N)=O)C(=O)O. The lowest BCUT2D eigenvalue weighted by molar-refractivity contribution is -0.144. The minimum atomic E-state index is -1.76. The van der Waals surface area contributed by atoms with E-state index in [0.29, 0.717) is 25.1 Å². The van der Waals surface area contributed by atoms with Crippen LogP contribution in [0.25, 0.3) is 0 Å². The van der Waals surface area contributed by atoms with Crippen molar-refractivity contribution in [2.24, 2.45) is 34.6 Å². The van der Waals surface area contributed by atoms with Gasteiger partial charge in [-0.25, -0.2) is 9.78 Å². The molecule has 0 aliphatic carbocycles. The molecule has 9 amide bonds. The Kier molecular flexibility index (Phi) is 21.6. The Labute approximate surface area is 334 Å². The zero-order chi connectivity index (χ0) is 44.1. The molecule has 58 heavy (non-hydrogen) atoms. The number of unbranched alkanes of at least 4 members (excludes halogenated alkanes) is 1. The van der Waals surface area contributed by atoms with Crippen LogP contribution in [0.15, 0.2) is 12.5 Å². The van der Waals surface area contributed by atoms with Gasteiger partial charge in [-0.1, -0.05) is 13.8 Å². The van der Waals surface area contributed by atoms with Crippen molar-refractivity contribution < 1.29 is 53.1 Å². The van der Waals surface area contributed by atoms with E-state index >= 15 is 0 Å². The van der Waals surface area contributed by atoms with E-state index in [1.165, 1.54) is 19.4 Å². The van der Waals surface area contributed by atoms with Crippen LogP contribution < -0.4 is 60.6 Å². The molecule has 7 atom stereocenters. The highest BCUT2D eigenvalue weighted by atomic mass is 16.4. The number of H-pyrrole nitrogens is 1. The number of carbonyl (C=O) groups excluding carboxylic acids is 9. The van der Waals surface area contributed by atoms with Crippen LogP contribution >= 0.6 is 0 Å². The van der Waals surface area contributed by atoms with Crippen molar-refractivity contribution in [3.05, 3.63) is 18.2 Å². The maximum absolute atomic E-state index is 13.5. The number of hydrogen-bond acceptors (Lipinski definition) is 13. The topological polar surface area (TPSA) is 422 Å². The lowest BCUT2D eigenvalue weighted by atomic mass is 10.0. The molecule has 18 N–H and O–H groups in total. The average Bonchev–Trinajstić information content (AvgIpc) is 3.64. The summed E-state index contributed by atoms with van der Waals surface area (Å²) in [4.78, 5) is 133. The van der Waals surface area contributed by atoms with Gasteiger partial charge >= 0.3 is 5.97 Å². The normalized spacial score (nSPS) is 14.6. The minimum Gasteiger partial charge on any atom is -0.480 e. The molecule has 0 unspecified atom stereocenters. The quantitative estimate of drug-likeness (QED) is 0.0351. The second-order valence-electron chi connectivity index (χ2n) is 14.0. The number of aromatic nitrogens is 2. The number of amides is 9. The number of aliphatic carboxylic acids is 1. The third-order valence-corrected chi connectivity index (χ3v) is 8.37. The Morgan fingerprint density at radius 1 is 0.655 bits per heavy atom. The summed E-state index contributed by atoms with van der Waals surface area (Å²) in [5.41, 5.74) is 27.8. The van der Waals surface area contributed by atoms with E-state index in [1.807, 2.05) is 0 Å². The van der Waals surface area contributed by atoms with Crippen LogP contribution in [-0.2, 0) is 54.4 Å². The van der Waals surface area contributed by atoms with Crippen LogP contribution in [0, 0.1) is 5.92 Å². The Morgan fingerprint density at radius 2 is 1.16 bits per heavy atom. The predicted molar refractivity (Wildman–Crippen MR) is 204 cm³/mol. The van der Waals surface area contributed by atoms with E-state index in [-0.39, 0.29) is 31.6 Å². The maximum Gasteiger partial charge on any atom is 0.326 e. The van der Waals surface area contributed by atoms with Crippen molar-refractivity contribution in [1.82, 2.24) is 41.9 Å². The maximum atomic E-state index is 13.5. The summed E-state index contributed by atoms with van der Waals surface area (Å²) < 4.78 is 0. The molecule has 0 aromatic carbocycles. The molecule has 1 rings (SSSR count). The van der Waals surface area contributed by atoms with Gasteiger partial charge in [-0.05, 0) is 51.5 Å². The number of carbonyl (C=O) groups is 10. The molecule has 0 radical (unpaired) electrons.